The molecule has 4 heterocycles. The third-order valence-corrected chi connectivity index (χ3v) is 6.28. The zero-order chi connectivity index (χ0) is 23.2. The zero-order valence-electron chi connectivity index (χ0n) is 18.3. The predicted molar refractivity (Wildman–Crippen MR) is 119 cm³/mol. The Kier molecular flexibility index (Phi) is 5.04. The van der Waals surface area contributed by atoms with Crippen LogP contribution in [-0.2, 0) is 9.47 Å². The lowest BCUT2D eigenvalue weighted by atomic mass is 9.93. The molecule has 34 heavy (non-hydrogen) atoms. The highest BCUT2D eigenvalue weighted by Crippen LogP contribution is 2.34. The monoisotopic (exact) mass is 464 g/mol. The van der Waals surface area contributed by atoms with E-state index in [0.717, 1.165) is 5.56 Å². The second kappa shape index (κ2) is 8.23. The molecule has 2 aromatic carbocycles. The highest BCUT2D eigenvalue weighted by atomic mass is 19.1. The van der Waals surface area contributed by atoms with Crippen molar-refractivity contribution in [2.75, 3.05) is 33.5 Å². The van der Waals surface area contributed by atoms with Crippen molar-refractivity contribution in [2.24, 2.45) is 0 Å². The molecular formula is C24H21FN4O5. The van der Waals surface area contributed by atoms with Crippen molar-refractivity contribution in [3.63, 3.8) is 0 Å². The molecule has 0 spiro atoms. The van der Waals surface area contributed by atoms with Gasteiger partial charge in [-0.05, 0) is 18.2 Å². The fourth-order valence-electron chi connectivity index (χ4n) is 4.23. The standard InChI is InChI=1S/C24H21FN4O5/c1-31-6-7-32-20-10-18-15(8-16(20)25)23(27-26-18)21-9-17(28-34-21)13-2-4-14(5-3-13)24(30)29-11-22-19(29)12-33-22/h2-5,8-10,19,22H,6-7,11-12H2,1H3,(H,26,27)/t19?,22-/m1/s1. The van der Waals surface area contributed by atoms with E-state index in [4.69, 9.17) is 18.7 Å². The second-order valence-electron chi connectivity index (χ2n) is 8.29. The topological polar surface area (TPSA) is 103 Å². The molecule has 1 unspecified atom stereocenters. The Hall–Kier alpha value is -3.76. The summed E-state index contributed by atoms with van der Waals surface area (Å²) >= 11 is 0. The van der Waals surface area contributed by atoms with Gasteiger partial charge in [0, 0.05) is 42.3 Å². The lowest BCUT2D eigenvalue weighted by Gasteiger charge is -2.54. The Labute approximate surface area is 193 Å². The van der Waals surface area contributed by atoms with Crippen LogP contribution in [0.4, 0.5) is 4.39 Å². The van der Waals surface area contributed by atoms with Crippen molar-refractivity contribution in [1.29, 1.82) is 0 Å². The maximum atomic E-state index is 14.5. The summed E-state index contributed by atoms with van der Waals surface area (Å²) in [7, 11) is 1.55. The smallest absolute Gasteiger partial charge is 0.254 e. The number of aromatic amines is 1. The summed E-state index contributed by atoms with van der Waals surface area (Å²) in [5.74, 6) is 0.0115. The Morgan fingerprint density at radius 3 is 2.79 bits per heavy atom. The molecule has 2 aliphatic rings. The Morgan fingerprint density at radius 2 is 2.09 bits per heavy atom. The average molecular weight is 464 g/mol. The fourth-order valence-corrected chi connectivity index (χ4v) is 4.23. The van der Waals surface area contributed by atoms with Crippen LogP contribution in [0.5, 0.6) is 5.75 Å². The van der Waals surface area contributed by atoms with E-state index in [1.165, 1.54) is 6.07 Å². The molecule has 2 saturated heterocycles. The van der Waals surface area contributed by atoms with E-state index in [0.29, 0.717) is 53.4 Å². The number of hydrogen-bond acceptors (Lipinski definition) is 7. The number of methoxy groups -OCH3 is 1. The van der Waals surface area contributed by atoms with Gasteiger partial charge < -0.3 is 23.6 Å². The van der Waals surface area contributed by atoms with Crippen LogP contribution in [0.25, 0.3) is 33.6 Å². The van der Waals surface area contributed by atoms with E-state index in [9.17, 15) is 9.18 Å². The number of carbonyl (C=O) groups excluding carboxylic acids is 1. The summed E-state index contributed by atoms with van der Waals surface area (Å²) in [6, 6.07) is 12.1. The molecular weight excluding hydrogens is 443 g/mol. The summed E-state index contributed by atoms with van der Waals surface area (Å²) in [5, 5.41) is 11.8. The van der Waals surface area contributed by atoms with E-state index < -0.39 is 5.82 Å². The number of nitrogens with one attached hydrogen (secondary N) is 1. The number of morpholine rings is 1. The first-order chi connectivity index (χ1) is 16.6. The molecule has 10 heteroatoms. The van der Waals surface area contributed by atoms with E-state index in [2.05, 4.69) is 15.4 Å². The lowest BCUT2D eigenvalue weighted by Crippen LogP contribution is -2.71. The van der Waals surface area contributed by atoms with Crippen molar-refractivity contribution < 1.29 is 27.9 Å². The zero-order valence-corrected chi connectivity index (χ0v) is 18.3. The van der Waals surface area contributed by atoms with Crippen molar-refractivity contribution in [3.05, 3.63) is 53.8 Å². The minimum Gasteiger partial charge on any atom is -0.488 e. The van der Waals surface area contributed by atoms with E-state index >= 15 is 0 Å². The van der Waals surface area contributed by atoms with Gasteiger partial charge in [0.1, 0.15) is 18.0 Å². The molecule has 2 fully saturated rings. The van der Waals surface area contributed by atoms with E-state index in [-0.39, 0.29) is 30.4 Å². The van der Waals surface area contributed by atoms with Crippen LogP contribution >= 0.6 is 0 Å². The van der Waals surface area contributed by atoms with Crippen LogP contribution in [0.2, 0.25) is 0 Å². The van der Waals surface area contributed by atoms with Crippen LogP contribution in [0, 0.1) is 5.82 Å². The maximum absolute atomic E-state index is 14.5. The molecule has 9 nitrogen and oxygen atoms in total. The number of benzene rings is 2. The summed E-state index contributed by atoms with van der Waals surface area (Å²) < 4.78 is 35.7. The second-order valence-corrected chi connectivity index (χ2v) is 8.29. The number of carbonyl (C=O) groups is 1. The van der Waals surface area contributed by atoms with Crippen LogP contribution < -0.4 is 4.74 Å². The lowest BCUT2D eigenvalue weighted by molar-refractivity contribution is -0.195. The van der Waals surface area contributed by atoms with Crippen molar-refractivity contribution >= 4 is 16.8 Å². The summed E-state index contributed by atoms with van der Waals surface area (Å²) in [6.07, 6.45) is 0.207. The summed E-state index contributed by atoms with van der Waals surface area (Å²) in [5.41, 5.74) is 3.05. The normalized spacial score (nSPS) is 18.9. The van der Waals surface area contributed by atoms with Gasteiger partial charge in [-0.3, -0.25) is 9.89 Å². The van der Waals surface area contributed by atoms with Gasteiger partial charge in [0.05, 0.1) is 30.9 Å². The summed E-state index contributed by atoms with van der Waals surface area (Å²) in [6.45, 7) is 1.86. The molecule has 0 radical (unpaired) electrons. The van der Waals surface area contributed by atoms with Crippen LogP contribution in [-0.4, -0.2) is 71.8 Å². The SMILES string of the molecule is COCCOc1cc2[nH]nc(-c3cc(-c4ccc(C(=O)N5C[C@H]6OCC65)cc4)no3)c2cc1F. The predicted octanol–water partition coefficient (Wildman–Crippen LogP) is 3.27. The van der Waals surface area contributed by atoms with Gasteiger partial charge in [0.2, 0.25) is 0 Å². The molecule has 0 saturated carbocycles. The molecule has 2 aromatic heterocycles. The van der Waals surface area contributed by atoms with Crippen LogP contribution in [0.1, 0.15) is 10.4 Å². The number of likely N-dealkylation sites (tertiary alicyclic amines) is 1. The number of H-pyrrole nitrogens is 1. The van der Waals surface area contributed by atoms with Gasteiger partial charge in [0.25, 0.3) is 5.91 Å². The van der Waals surface area contributed by atoms with Gasteiger partial charge in [-0.1, -0.05) is 17.3 Å². The third-order valence-electron chi connectivity index (χ3n) is 6.28. The Balaban J connectivity index is 1.21. The molecule has 1 amide bonds. The third kappa shape index (κ3) is 3.42. The number of hydrogen-bond donors (Lipinski definition) is 1. The van der Waals surface area contributed by atoms with Gasteiger partial charge >= 0.3 is 0 Å². The Morgan fingerprint density at radius 1 is 1.24 bits per heavy atom. The molecule has 174 valence electrons. The van der Waals surface area contributed by atoms with Gasteiger partial charge in [-0.2, -0.15) is 5.10 Å². The fraction of sp³-hybridized carbons (Fsp3) is 0.292. The Bertz CT molecular complexity index is 1370. The molecule has 6 rings (SSSR count). The minimum absolute atomic E-state index is 0.00697. The summed E-state index contributed by atoms with van der Waals surface area (Å²) in [4.78, 5) is 14.5. The molecule has 1 N–H and O–H groups in total. The molecule has 2 aliphatic heterocycles. The molecule has 0 aliphatic carbocycles. The average Bonchev–Trinajstić information content (AvgIpc) is 3.48. The number of ether oxygens (including phenoxy) is 3. The number of nitrogens with zero attached hydrogens (tertiary/aromatic N) is 3. The highest BCUT2D eigenvalue weighted by molar-refractivity contribution is 5.96. The maximum Gasteiger partial charge on any atom is 0.254 e. The number of halogens is 1. The van der Waals surface area contributed by atoms with Crippen molar-refractivity contribution in [3.8, 4) is 28.5 Å². The number of aromatic nitrogens is 3. The van der Waals surface area contributed by atoms with Crippen molar-refractivity contribution in [2.45, 2.75) is 12.1 Å². The van der Waals surface area contributed by atoms with Crippen LogP contribution in [0.3, 0.4) is 0 Å². The quantitative estimate of drug-likeness (QED) is 0.419. The van der Waals surface area contributed by atoms with Crippen molar-refractivity contribution in [1.82, 2.24) is 20.3 Å². The number of fused-ring (bicyclic) bond motifs is 2. The van der Waals surface area contributed by atoms with Crippen LogP contribution in [0.15, 0.2) is 47.0 Å². The molecule has 4 aromatic rings. The van der Waals surface area contributed by atoms with Gasteiger partial charge in [0.15, 0.2) is 17.3 Å². The van der Waals surface area contributed by atoms with Gasteiger partial charge in [-0.25, -0.2) is 4.39 Å². The minimum atomic E-state index is -0.506. The highest BCUT2D eigenvalue weighted by Gasteiger charge is 2.49. The molecule has 0 bridgehead atoms. The van der Waals surface area contributed by atoms with E-state index in [1.807, 2.05) is 17.0 Å². The molecule has 2 atom stereocenters. The first-order valence-electron chi connectivity index (χ1n) is 10.9. The largest absolute Gasteiger partial charge is 0.488 e. The first-order valence-corrected chi connectivity index (χ1v) is 10.9. The number of amides is 1. The number of rotatable bonds is 7. The van der Waals surface area contributed by atoms with Gasteiger partial charge in [-0.15, -0.1) is 0 Å². The first kappa shape index (κ1) is 20.8. The van der Waals surface area contributed by atoms with E-state index in [1.54, 1.807) is 31.4 Å².